The van der Waals surface area contributed by atoms with Crippen molar-refractivity contribution in [1.82, 2.24) is 9.97 Å². The van der Waals surface area contributed by atoms with E-state index in [9.17, 15) is 18.0 Å². The Morgan fingerprint density at radius 2 is 1.94 bits per heavy atom. The van der Waals surface area contributed by atoms with Crippen molar-refractivity contribution < 1.29 is 27.4 Å². The van der Waals surface area contributed by atoms with E-state index in [0.29, 0.717) is 31.6 Å². The lowest BCUT2D eigenvalue weighted by Crippen LogP contribution is -2.54. The first-order chi connectivity index (χ1) is 15.8. The van der Waals surface area contributed by atoms with Gasteiger partial charge in [-0.15, -0.1) is 0 Å². The van der Waals surface area contributed by atoms with E-state index in [4.69, 9.17) is 14.5 Å². The minimum Gasteiger partial charge on any atom is -0.381 e. The highest BCUT2D eigenvalue weighted by Gasteiger charge is 2.42. The summed E-state index contributed by atoms with van der Waals surface area (Å²) >= 11 is 0. The Hall–Kier alpha value is -2.52. The highest BCUT2D eigenvalue weighted by molar-refractivity contribution is 5.99. The number of ether oxygens (including phenoxy) is 2. The van der Waals surface area contributed by atoms with Gasteiger partial charge in [0.25, 0.3) is 0 Å². The van der Waals surface area contributed by atoms with Crippen molar-refractivity contribution in [3.63, 3.8) is 0 Å². The number of halogens is 3. The minimum atomic E-state index is -4.50. The quantitative estimate of drug-likeness (QED) is 0.648. The van der Waals surface area contributed by atoms with Crippen LogP contribution in [0, 0.1) is 5.41 Å². The van der Waals surface area contributed by atoms with Gasteiger partial charge in [0.15, 0.2) is 5.78 Å². The standard InChI is InChI=1S/C24H26F3N3O3/c25-24(26,27)17-8-16(11-28-12-17)9-21(31)19-10-22(29-20-3-7-32-6-2-18(19)20)30-5-1-4-23(13-30)14-33-15-23/h8,10-12H,1-7,9,13-15H2. The Morgan fingerprint density at radius 1 is 1.12 bits per heavy atom. The van der Waals surface area contributed by atoms with Crippen LogP contribution in [0.5, 0.6) is 0 Å². The molecule has 0 unspecified atom stereocenters. The van der Waals surface area contributed by atoms with Crippen LogP contribution in [0.1, 0.15) is 45.6 Å². The number of rotatable bonds is 4. The Kier molecular flexibility index (Phi) is 5.86. The zero-order valence-electron chi connectivity index (χ0n) is 18.3. The van der Waals surface area contributed by atoms with E-state index < -0.39 is 11.7 Å². The van der Waals surface area contributed by atoms with Crippen LogP contribution in [-0.2, 0) is 34.9 Å². The predicted octanol–water partition coefficient (Wildman–Crippen LogP) is 3.65. The molecule has 5 rings (SSSR count). The lowest BCUT2D eigenvalue weighted by Gasteiger charge is -2.48. The maximum absolute atomic E-state index is 13.4. The lowest BCUT2D eigenvalue weighted by molar-refractivity contribution is -0.137. The molecule has 0 saturated carbocycles. The number of hydrogen-bond donors (Lipinski definition) is 0. The first-order valence-corrected chi connectivity index (χ1v) is 11.3. The maximum Gasteiger partial charge on any atom is 0.417 e. The van der Waals surface area contributed by atoms with E-state index in [1.54, 1.807) is 0 Å². The maximum atomic E-state index is 13.4. The summed E-state index contributed by atoms with van der Waals surface area (Å²) in [5.74, 6) is 0.531. The summed E-state index contributed by atoms with van der Waals surface area (Å²) in [6, 6.07) is 2.83. The van der Waals surface area contributed by atoms with Crippen LogP contribution in [0.25, 0.3) is 0 Å². The molecule has 0 atom stereocenters. The average Bonchev–Trinajstić information content (AvgIpc) is 3.02. The molecule has 176 valence electrons. The highest BCUT2D eigenvalue weighted by Crippen LogP contribution is 2.39. The second-order valence-electron chi connectivity index (χ2n) is 9.26. The fourth-order valence-electron chi connectivity index (χ4n) is 5.00. The second-order valence-corrected chi connectivity index (χ2v) is 9.26. The summed E-state index contributed by atoms with van der Waals surface area (Å²) in [6.07, 6.45) is 0.769. The average molecular weight is 461 g/mol. The normalized spacial score (nSPS) is 20.2. The molecule has 2 aromatic rings. The summed E-state index contributed by atoms with van der Waals surface area (Å²) in [4.78, 5) is 24.2. The number of aromatic nitrogens is 2. The van der Waals surface area contributed by atoms with Gasteiger partial charge in [-0.25, -0.2) is 4.98 Å². The zero-order chi connectivity index (χ0) is 23.1. The van der Waals surface area contributed by atoms with Crippen molar-refractivity contribution in [1.29, 1.82) is 0 Å². The molecule has 2 fully saturated rings. The number of Topliss-reactive ketones (excluding diaryl/α,β-unsaturated/α-hetero) is 1. The van der Waals surface area contributed by atoms with Crippen molar-refractivity contribution >= 4 is 11.6 Å². The monoisotopic (exact) mass is 461 g/mol. The van der Waals surface area contributed by atoms with Gasteiger partial charge in [-0.05, 0) is 42.5 Å². The zero-order valence-corrected chi connectivity index (χ0v) is 18.3. The van der Waals surface area contributed by atoms with Crippen LogP contribution in [0.4, 0.5) is 19.0 Å². The number of ketones is 1. The van der Waals surface area contributed by atoms with Gasteiger partial charge in [-0.3, -0.25) is 9.78 Å². The van der Waals surface area contributed by atoms with E-state index >= 15 is 0 Å². The van der Waals surface area contributed by atoms with E-state index in [0.717, 1.165) is 68.5 Å². The molecule has 3 aliphatic rings. The first-order valence-electron chi connectivity index (χ1n) is 11.3. The van der Waals surface area contributed by atoms with Crippen molar-refractivity contribution in [3.8, 4) is 0 Å². The molecule has 9 heteroatoms. The van der Waals surface area contributed by atoms with Crippen molar-refractivity contribution in [2.24, 2.45) is 5.41 Å². The van der Waals surface area contributed by atoms with Gasteiger partial charge in [0, 0.05) is 55.0 Å². The third kappa shape index (κ3) is 4.61. The third-order valence-corrected chi connectivity index (χ3v) is 6.77. The molecule has 0 bridgehead atoms. The number of anilines is 1. The number of nitrogens with zero attached hydrogens (tertiary/aromatic N) is 3. The number of alkyl halides is 3. The minimum absolute atomic E-state index is 0.147. The number of pyridine rings is 2. The molecular formula is C24H26F3N3O3. The second kappa shape index (κ2) is 8.68. The molecule has 2 aromatic heterocycles. The molecule has 1 spiro atoms. The van der Waals surface area contributed by atoms with E-state index in [-0.39, 0.29) is 23.2 Å². The van der Waals surface area contributed by atoms with Crippen LogP contribution in [-0.4, -0.2) is 55.3 Å². The fourth-order valence-corrected chi connectivity index (χ4v) is 5.00. The number of piperidine rings is 1. The molecule has 0 N–H and O–H groups in total. The number of fused-ring (bicyclic) bond motifs is 1. The van der Waals surface area contributed by atoms with Crippen LogP contribution in [0.3, 0.4) is 0 Å². The smallest absolute Gasteiger partial charge is 0.381 e. The summed E-state index contributed by atoms with van der Waals surface area (Å²) < 4.78 is 50.4. The van der Waals surface area contributed by atoms with E-state index in [2.05, 4.69) is 9.88 Å². The van der Waals surface area contributed by atoms with Crippen LogP contribution in [0.2, 0.25) is 0 Å². The van der Waals surface area contributed by atoms with Gasteiger partial charge in [-0.2, -0.15) is 13.2 Å². The van der Waals surface area contributed by atoms with E-state index in [1.165, 1.54) is 6.20 Å². The van der Waals surface area contributed by atoms with Gasteiger partial charge in [0.2, 0.25) is 0 Å². The van der Waals surface area contributed by atoms with Crippen LogP contribution < -0.4 is 4.90 Å². The van der Waals surface area contributed by atoms with Crippen LogP contribution >= 0.6 is 0 Å². The molecule has 33 heavy (non-hydrogen) atoms. The Morgan fingerprint density at radius 3 is 2.70 bits per heavy atom. The van der Waals surface area contributed by atoms with Crippen LogP contribution in [0.15, 0.2) is 24.5 Å². The fraction of sp³-hybridized carbons (Fsp3) is 0.542. The molecule has 6 nitrogen and oxygen atoms in total. The van der Waals surface area contributed by atoms with E-state index in [1.807, 2.05) is 6.07 Å². The van der Waals surface area contributed by atoms with Gasteiger partial charge < -0.3 is 14.4 Å². The van der Waals surface area contributed by atoms with Gasteiger partial charge >= 0.3 is 6.18 Å². The molecule has 3 aliphatic heterocycles. The Labute approximate surface area is 190 Å². The van der Waals surface area contributed by atoms with Crippen molar-refractivity contribution in [2.75, 3.05) is 44.4 Å². The topological polar surface area (TPSA) is 64.6 Å². The van der Waals surface area contributed by atoms with Gasteiger partial charge in [-0.1, -0.05) is 0 Å². The summed E-state index contributed by atoms with van der Waals surface area (Å²) in [5.41, 5.74) is 1.78. The molecule has 0 aromatic carbocycles. The molecule has 2 saturated heterocycles. The number of hydrogen-bond acceptors (Lipinski definition) is 6. The number of carbonyl (C=O) groups is 1. The van der Waals surface area contributed by atoms with Crippen molar-refractivity contribution in [3.05, 3.63) is 52.5 Å². The van der Waals surface area contributed by atoms with Crippen molar-refractivity contribution in [2.45, 2.75) is 38.3 Å². The molecule has 0 radical (unpaired) electrons. The summed E-state index contributed by atoms with van der Waals surface area (Å²) in [6.45, 7) is 4.21. The Balaban J connectivity index is 1.47. The van der Waals surface area contributed by atoms with Gasteiger partial charge in [0.05, 0.1) is 32.0 Å². The lowest BCUT2D eigenvalue weighted by atomic mass is 9.78. The SMILES string of the molecule is O=C(Cc1cncc(C(F)(F)F)c1)c1cc(N2CCCC3(COC3)C2)nc2c1CCOCC2. The summed E-state index contributed by atoms with van der Waals surface area (Å²) in [7, 11) is 0. The van der Waals surface area contributed by atoms with Gasteiger partial charge in [0.1, 0.15) is 5.82 Å². The summed E-state index contributed by atoms with van der Waals surface area (Å²) in [5, 5.41) is 0. The molecular weight excluding hydrogens is 435 g/mol. The number of carbonyl (C=O) groups excluding carboxylic acids is 1. The largest absolute Gasteiger partial charge is 0.417 e. The Bertz CT molecular complexity index is 1050. The third-order valence-electron chi connectivity index (χ3n) is 6.77. The molecule has 0 amide bonds. The first kappa shape index (κ1) is 22.3. The molecule has 5 heterocycles. The highest BCUT2D eigenvalue weighted by atomic mass is 19.4. The predicted molar refractivity (Wildman–Crippen MR) is 114 cm³/mol. The molecule has 0 aliphatic carbocycles.